The average molecular weight is 328 g/mol. The Morgan fingerprint density at radius 1 is 1.14 bits per heavy atom. The second-order valence-electron chi connectivity index (χ2n) is 4.87. The molecule has 0 aliphatic heterocycles. The molecule has 0 aliphatic carbocycles. The molecule has 0 atom stereocenters. The van der Waals surface area contributed by atoms with Crippen LogP contribution < -0.4 is 0 Å². The Bertz CT molecular complexity index is 507. The molecule has 1 aromatic carbocycles. The van der Waals surface area contributed by atoms with Gasteiger partial charge in [0.2, 0.25) is 0 Å². The van der Waals surface area contributed by atoms with Gasteiger partial charge in [0.15, 0.2) is 0 Å². The fourth-order valence-corrected chi connectivity index (χ4v) is 3.45. The Kier molecular flexibility index (Phi) is 8.73. The number of thioether (sulfide) groups is 1. The highest BCUT2D eigenvalue weighted by Gasteiger charge is 2.14. The van der Waals surface area contributed by atoms with Crippen LogP contribution in [0.4, 0.5) is 0 Å². The van der Waals surface area contributed by atoms with Crippen LogP contribution >= 0.6 is 11.8 Å². The first kappa shape index (κ1) is 18.3. The minimum atomic E-state index is -3.60. The van der Waals surface area contributed by atoms with E-state index in [1.165, 1.54) is 0 Å². The molecule has 21 heavy (non-hydrogen) atoms. The molecule has 3 nitrogen and oxygen atoms in total. The van der Waals surface area contributed by atoms with Crippen molar-refractivity contribution in [3.63, 3.8) is 0 Å². The van der Waals surface area contributed by atoms with E-state index in [0.29, 0.717) is 0 Å². The van der Waals surface area contributed by atoms with Gasteiger partial charge in [0.1, 0.15) is 0 Å². The fraction of sp³-hybridized carbons (Fsp3) is 0.500. The van der Waals surface area contributed by atoms with Crippen molar-refractivity contribution in [1.29, 1.82) is 0 Å². The molecule has 0 amide bonds. The zero-order valence-electron chi connectivity index (χ0n) is 12.6. The Morgan fingerprint density at radius 2 is 1.81 bits per heavy atom. The molecule has 118 valence electrons. The maximum atomic E-state index is 11.9. The third-order valence-electron chi connectivity index (χ3n) is 2.97. The average Bonchev–Trinajstić information content (AvgIpc) is 2.46. The van der Waals surface area contributed by atoms with Gasteiger partial charge in [0, 0.05) is 5.75 Å². The van der Waals surface area contributed by atoms with Crippen LogP contribution in [-0.2, 0) is 14.3 Å². The molecule has 0 radical (unpaired) electrons. The molecule has 0 bridgehead atoms. The number of hydrogen-bond acceptors (Lipinski definition) is 4. The lowest BCUT2D eigenvalue weighted by Gasteiger charge is -2.06. The number of unbranched alkanes of at least 4 members (excludes halogenated alkanes) is 3. The van der Waals surface area contributed by atoms with E-state index >= 15 is 0 Å². The van der Waals surface area contributed by atoms with Crippen LogP contribution in [0.5, 0.6) is 0 Å². The zero-order valence-corrected chi connectivity index (χ0v) is 14.2. The van der Waals surface area contributed by atoms with E-state index < -0.39 is 10.1 Å². The molecular weight excluding hydrogens is 304 g/mol. The Morgan fingerprint density at radius 3 is 2.48 bits per heavy atom. The van der Waals surface area contributed by atoms with Crippen molar-refractivity contribution in [3.8, 4) is 0 Å². The lowest BCUT2D eigenvalue weighted by atomic mass is 10.2. The maximum Gasteiger partial charge on any atom is 0.296 e. The van der Waals surface area contributed by atoms with Gasteiger partial charge in [-0.25, -0.2) is 0 Å². The maximum absolute atomic E-state index is 11.9. The summed E-state index contributed by atoms with van der Waals surface area (Å²) in [5, 5.41) is 0. The Hall–Kier alpha value is -0.780. The van der Waals surface area contributed by atoms with Gasteiger partial charge in [-0.2, -0.15) is 20.2 Å². The third-order valence-corrected chi connectivity index (χ3v) is 5.34. The smallest absolute Gasteiger partial charge is 0.266 e. The van der Waals surface area contributed by atoms with E-state index in [0.717, 1.165) is 42.8 Å². The number of rotatable bonds is 11. The summed E-state index contributed by atoms with van der Waals surface area (Å²) >= 11 is 1.87. The van der Waals surface area contributed by atoms with Gasteiger partial charge in [0.25, 0.3) is 10.1 Å². The molecule has 0 saturated carbocycles. The lowest BCUT2D eigenvalue weighted by Crippen LogP contribution is -2.07. The fourth-order valence-electron chi connectivity index (χ4n) is 1.77. The molecule has 0 spiro atoms. The van der Waals surface area contributed by atoms with Crippen LogP contribution in [-0.4, -0.2) is 26.5 Å². The highest BCUT2D eigenvalue weighted by atomic mass is 32.2. The van der Waals surface area contributed by atoms with Crippen LogP contribution in [0.15, 0.2) is 41.8 Å². The molecule has 1 aromatic rings. The molecule has 0 unspecified atom stereocenters. The minimum Gasteiger partial charge on any atom is -0.266 e. The van der Waals surface area contributed by atoms with E-state index in [4.69, 9.17) is 4.18 Å². The largest absolute Gasteiger partial charge is 0.296 e. The summed E-state index contributed by atoms with van der Waals surface area (Å²) in [7, 11) is -3.60. The van der Waals surface area contributed by atoms with Crippen LogP contribution in [0.2, 0.25) is 0 Å². The summed E-state index contributed by atoms with van der Waals surface area (Å²) in [6.45, 7) is 5.86. The van der Waals surface area contributed by atoms with Gasteiger partial charge < -0.3 is 0 Å². The van der Waals surface area contributed by atoms with Crippen molar-refractivity contribution in [3.05, 3.63) is 42.5 Å². The first-order valence-electron chi connectivity index (χ1n) is 7.21. The summed E-state index contributed by atoms with van der Waals surface area (Å²) in [6, 6.07) is 6.72. The van der Waals surface area contributed by atoms with E-state index in [1.807, 2.05) is 24.8 Å². The first-order valence-corrected chi connectivity index (χ1v) is 9.77. The van der Waals surface area contributed by atoms with E-state index in [2.05, 4.69) is 6.58 Å². The molecule has 5 heteroatoms. The second kappa shape index (κ2) is 10.0. The minimum absolute atomic E-state index is 0.230. The molecule has 0 heterocycles. The van der Waals surface area contributed by atoms with Crippen molar-refractivity contribution >= 4 is 21.9 Å². The number of aryl methyl sites for hydroxylation is 1. The predicted molar refractivity (Wildman–Crippen MR) is 90.3 cm³/mol. The highest BCUT2D eigenvalue weighted by Crippen LogP contribution is 2.14. The quantitative estimate of drug-likeness (QED) is 0.347. The zero-order chi connectivity index (χ0) is 15.6. The van der Waals surface area contributed by atoms with Gasteiger partial charge in [-0.3, -0.25) is 4.18 Å². The molecule has 0 aliphatic rings. The first-order chi connectivity index (χ1) is 10.1. The monoisotopic (exact) mass is 328 g/mol. The van der Waals surface area contributed by atoms with Crippen LogP contribution in [0, 0.1) is 6.92 Å². The van der Waals surface area contributed by atoms with Gasteiger partial charge in [-0.1, -0.05) is 36.6 Å². The SMILES string of the molecule is C=CCSCCCCCCOS(=O)(=O)c1ccc(C)cc1. The van der Waals surface area contributed by atoms with Gasteiger partial charge in [-0.15, -0.1) is 6.58 Å². The van der Waals surface area contributed by atoms with Crippen LogP contribution in [0.25, 0.3) is 0 Å². The molecule has 1 rings (SSSR count). The van der Waals surface area contributed by atoms with Crippen LogP contribution in [0.1, 0.15) is 31.2 Å². The summed E-state index contributed by atoms with van der Waals surface area (Å²) in [4.78, 5) is 0.230. The molecular formula is C16H24O3S2. The van der Waals surface area contributed by atoms with Gasteiger partial charge >= 0.3 is 0 Å². The molecule has 0 saturated heterocycles. The van der Waals surface area contributed by atoms with Crippen molar-refractivity contribution in [2.45, 2.75) is 37.5 Å². The van der Waals surface area contributed by atoms with Crippen molar-refractivity contribution in [2.75, 3.05) is 18.1 Å². The molecule has 0 aromatic heterocycles. The van der Waals surface area contributed by atoms with E-state index in [1.54, 1.807) is 24.3 Å². The summed E-state index contributed by atoms with van der Waals surface area (Å²) in [5.41, 5.74) is 1.03. The molecule has 0 fully saturated rings. The normalized spacial score (nSPS) is 11.5. The topological polar surface area (TPSA) is 43.4 Å². The van der Waals surface area contributed by atoms with Crippen molar-refractivity contribution in [1.82, 2.24) is 0 Å². The number of benzene rings is 1. The second-order valence-corrected chi connectivity index (χ2v) is 7.63. The predicted octanol–water partition coefficient (Wildman–Crippen LogP) is 4.18. The molecule has 0 N–H and O–H groups in total. The number of hydrogen-bond donors (Lipinski definition) is 0. The van der Waals surface area contributed by atoms with E-state index in [9.17, 15) is 8.42 Å². The van der Waals surface area contributed by atoms with Gasteiger partial charge in [-0.05, 0) is 37.7 Å². The summed E-state index contributed by atoms with van der Waals surface area (Å²) in [6.07, 6.45) is 5.95. The van der Waals surface area contributed by atoms with Crippen LogP contribution in [0.3, 0.4) is 0 Å². The standard InChI is InChI=1S/C16H24O3S2/c1-3-13-20-14-7-5-4-6-12-19-21(17,18)16-10-8-15(2)9-11-16/h3,8-11H,1,4-7,12-14H2,2H3. The summed E-state index contributed by atoms with van der Waals surface area (Å²) in [5.74, 6) is 2.13. The summed E-state index contributed by atoms with van der Waals surface area (Å²) < 4.78 is 28.9. The van der Waals surface area contributed by atoms with Crippen molar-refractivity contribution in [2.24, 2.45) is 0 Å². The Labute approximate surface area is 132 Å². The van der Waals surface area contributed by atoms with E-state index in [-0.39, 0.29) is 11.5 Å². The third kappa shape index (κ3) is 7.69. The Balaban J connectivity index is 2.17. The van der Waals surface area contributed by atoms with Crippen molar-refractivity contribution < 1.29 is 12.6 Å². The lowest BCUT2D eigenvalue weighted by molar-refractivity contribution is 0.307. The van der Waals surface area contributed by atoms with Gasteiger partial charge in [0.05, 0.1) is 11.5 Å². The highest BCUT2D eigenvalue weighted by molar-refractivity contribution is 7.99.